The van der Waals surface area contributed by atoms with Gasteiger partial charge in [-0.15, -0.1) is 0 Å². The number of amides is 1. The first-order valence-electron chi connectivity index (χ1n) is 6.32. The number of nitrogens with one attached hydrogen (secondary N) is 1. The fraction of sp³-hybridized carbons (Fsp3) is 0.500. The van der Waals surface area contributed by atoms with Gasteiger partial charge in [-0.25, -0.2) is 4.39 Å². The van der Waals surface area contributed by atoms with Gasteiger partial charge in [0.05, 0.1) is 5.41 Å². The summed E-state index contributed by atoms with van der Waals surface area (Å²) in [7, 11) is 0. The zero-order valence-corrected chi connectivity index (χ0v) is 12.7. The molecule has 0 unspecified atom stereocenters. The van der Waals surface area contributed by atoms with Gasteiger partial charge in [0.25, 0.3) is 0 Å². The van der Waals surface area contributed by atoms with Crippen molar-refractivity contribution in [1.29, 1.82) is 0 Å². The Morgan fingerprint density at radius 3 is 2.89 bits per heavy atom. The van der Waals surface area contributed by atoms with E-state index < -0.39 is 5.41 Å². The molecule has 0 heterocycles. The first-order valence-corrected chi connectivity index (χ1v) is 7.11. The van der Waals surface area contributed by atoms with Crippen molar-refractivity contribution in [3.05, 3.63) is 33.5 Å². The molecule has 19 heavy (non-hydrogen) atoms. The maximum absolute atomic E-state index is 13.8. The highest BCUT2D eigenvalue weighted by molar-refractivity contribution is 9.10. The fourth-order valence-corrected chi connectivity index (χ4v) is 2.77. The Balaban J connectivity index is 2.13. The number of fused-ring (bicyclic) bond motifs is 1. The maximum atomic E-state index is 13.8. The van der Waals surface area contributed by atoms with Crippen molar-refractivity contribution in [3.63, 3.8) is 0 Å². The molecule has 3 nitrogen and oxygen atoms in total. The first kappa shape index (κ1) is 14.5. The van der Waals surface area contributed by atoms with Crippen molar-refractivity contribution >= 4 is 21.8 Å². The van der Waals surface area contributed by atoms with E-state index in [1.54, 1.807) is 13.8 Å². The fourth-order valence-electron chi connectivity index (χ4n) is 2.32. The van der Waals surface area contributed by atoms with Crippen LogP contribution in [0, 0.1) is 11.2 Å². The molecule has 1 aromatic rings. The van der Waals surface area contributed by atoms with Gasteiger partial charge in [-0.1, -0.05) is 15.9 Å². The summed E-state index contributed by atoms with van der Waals surface area (Å²) in [6.07, 6.45) is 1.57. The molecule has 104 valence electrons. The Morgan fingerprint density at radius 2 is 2.26 bits per heavy atom. The molecular formula is C14H18BrFN2O. The molecule has 1 atom stereocenters. The minimum atomic E-state index is -0.604. The number of halogens is 2. The van der Waals surface area contributed by atoms with Crippen LogP contribution in [0.2, 0.25) is 0 Å². The topological polar surface area (TPSA) is 55.1 Å². The summed E-state index contributed by atoms with van der Waals surface area (Å²) in [5.74, 6) is -0.499. The molecular weight excluding hydrogens is 311 g/mol. The molecule has 0 bridgehead atoms. The Hall–Kier alpha value is -0.940. The van der Waals surface area contributed by atoms with Gasteiger partial charge >= 0.3 is 0 Å². The average molecular weight is 329 g/mol. The highest BCUT2D eigenvalue weighted by atomic mass is 79.9. The Labute approximate surface area is 120 Å². The van der Waals surface area contributed by atoms with Gasteiger partial charge in [0.1, 0.15) is 5.82 Å². The van der Waals surface area contributed by atoms with Crippen LogP contribution in [-0.4, -0.2) is 12.5 Å². The van der Waals surface area contributed by atoms with Crippen LogP contribution in [0.15, 0.2) is 16.6 Å². The molecule has 2 rings (SSSR count). The lowest BCUT2D eigenvalue weighted by atomic mass is 9.92. The van der Waals surface area contributed by atoms with Crippen LogP contribution in [0.25, 0.3) is 0 Å². The highest BCUT2D eigenvalue weighted by Crippen LogP contribution is 2.35. The zero-order chi connectivity index (χ0) is 14.2. The predicted molar refractivity (Wildman–Crippen MR) is 76.1 cm³/mol. The molecule has 0 saturated heterocycles. The molecule has 0 fully saturated rings. The molecule has 0 aliphatic heterocycles. The van der Waals surface area contributed by atoms with E-state index in [1.807, 2.05) is 6.07 Å². The number of primary amides is 1. The van der Waals surface area contributed by atoms with Gasteiger partial charge in [0.15, 0.2) is 0 Å². The summed E-state index contributed by atoms with van der Waals surface area (Å²) in [6.45, 7) is 4.10. The van der Waals surface area contributed by atoms with Gasteiger partial charge < -0.3 is 11.1 Å². The van der Waals surface area contributed by atoms with Crippen LogP contribution in [0.3, 0.4) is 0 Å². The third kappa shape index (κ3) is 2.98. The van der Waals surface area contributed by atoms with Gasteiger partial charge in [-0.05, 0) is 49.9 Å². The predicted octanol–water partition coefficient (Wildman–Crippen LogP) is 2.68. The van der Waals surface area contributed by atoms with Crippen molar-refractivity contribution in [2.75, 3.05) is 6.54 Å². The second-order valence-corrected chi connectivity index (χ2v) is 6.59. The molecule has 1 aromatic carbocycles. The minimum absolute atomic E-state index is 0.0839. The third-order valence-corrected chi connectivity index (χ3v) is 4.17. The van der Waals surface area contributed by atoms with Gasteiger partial charge in [-0.3, -0.25) is 4.79 Å². The lowest BCUT2D eigenvalue weighted by molar-refractivity contribution is -0.125. The number of benzene rings is 1. The number of hydrogen-bond donors (Lipinski definition) is 2. The second kappa shape index (κ2) is 5.21. The average Bonchev–Trinajstić information content (AvgIpc) is 2.69. The van der Waals surface area contributed by atoms with Crippen LogP contribution in [0.5, 0.6) is 0 Å². The molecule has 5 heteroatoms. The van der Waals surface area contributed by atoms with E-state index in [2.05, 4.69) is 21.2 Å². The van der Waals surface area contributed by atoms with Crippen molar-refractivity contribution < 1.29 is 9.18 Å². The number of nitrogens with two attached hydrogens (primary N) is 1. The summed E-state index contributed by atoms with van der Waals surface area (Å²) in [5, 5.41) is 3.33. The normalized spacial score (nSPS) is 18.4. The molecule has 0 aromatic heterocycles. The molecule has 1 amide bonds. The van der Waals surface area contributed by atoms with Gasteiger partial charge in [0, 0.05) is 17.1 Å². The van der Waals surface area contributed by atoms with E-state index in [1.165, 1.54) is 6.07 Å². The Morgan fingerprint density at radius 1 is 1.58 bits per heavy atom. The van der Waals surface area contributed by atoms with Crippen LogP contribution in [-0.2, 0) is 11.2 Å². The molecule has 1 aliphatic rings. The van der Waals surface area contributed by atoms with Crippen LogP contribution in [0.1, 0.15) is 37.4 Å². The highest BCUT2D eigenvalue weighted by Gasteiger charge is 2.30. The smallest absolute Gasteiger partial charge is 0.224 e. The van der Waals surface area contributed by atoms with Gasteiger partial charge in [0.2, 0.25) is 5.91 Å². The summed E-state index contributed by atoms with van der Waals surface area (Å²) < 4.78 is 14.5. The molecule has 1 aliphatic carbocycles. The number of carbonyl (C=O) groups excluding carboxylic acids is 1. The number of carbonyl (C=O) groups is 1. The SMILES string of the molecule is CC(C)(CN[C@H]1CCc2c(F)cc(Br)cc21)C(N)=O. The summed E-state index contributed by atoms with van der Waals surface area (Å²) in [4.78, 5) is 11.3. The van der Waals surface area contributed by atoms with E-state index in [0.717, 1.165) is 28.4 Å². The van der Waals surface area contributed by atoms with E-state index in [4.69, 9.17) is 5.73 Å². The summed E-state index contributed by atoms with van der Waals surface area (Å²) >= 11 is 3.32. The quantitative estimate of drug-likeness (QED) is 0.892. The van der Waals surface area contributed by atoms with Crippen molar-refractivity contribution in [2.45, 2.75) is 32.7 Å². The van der Waals surface area contributed by atoms with Gasteiger partial charge in [-0.2, -0.15) is 0 Å². The Kier molecular flexibility index (Phi) is 3.97. The number of hydrogen-bond acceptors (Lipinski definition) is 2. The standard InChI is InChI=1S/C14H18BrFN2O/c1-14(2,13(17)19)7-18-12-4-3-9-10(12)5-8(15)6-11(9)16/h5-6,12,18H,3-4,7H2,1-2H3,(H2,17,19)/t12-/m0/s1. The number of rotatable bonds is 4. The maximum Gasteiger partial charge on any atom is 0.224 e. The van der Waals surface area contributed by atoms with Crippen molar-refractivity contribution in [3.8, 4) is 0 Å². The monoisotopic (exact) mass is 328 g/mol. The van der Waals surface area contributed by atoms with Crippen molar-refractivity contribution in [2.24, 2.45) is 11.1 Å². The lowest BCUT2D eigenvalue weighted by Crippen LogP contribution is -2.41. The van der Waals surface area contributed by atoms with Crippen LogP contribution in [0.4, 0.5) is 4.39 Å². The minimum Gasteiger partial charge on any atom is -0.369 e. The third-order valence-electron chi connectivity index (χ3n) is 3.71. The molecule has 0 spiro atoms. The van der Waals surface area contributed by atoms with E-state index in [0.29, 0.717) is 6.54 Å². The van der Waals surface area contributed by atoms with E-state index in [9.17, 15) is 9.18 Å². The Bertz CT molecular complexity index is 516. The van der Waals surface area contributed by atoms with E-state index in [-0.39, 0.29) is 17.8 Å². The first-order chi connectivity index (χ1) is 8.81. The second-order valence-electron chi connectivity index (χ2n) is 5.68. The lowest BCUT2D eigenvalue weighted by Gasteiger charge is -2.24. The zero-order valence-electron chi connectivity index (χ0n) is 11.1. The van der Waals surface area contributed by atoms with E-state index >= 15 is 0 Å². The summed E-state index contributed by atoms with van der Waals surface area (Å²) in [5.41, 5.74) is 6.50. The van der Waals surface area contributed by atoms with Crippen LogP contribution >= 0.6 is 15.9 Å². The van der Waals surface area contributed by atoms with Crippen LogP contribution < -0.4 is 11.1 Å². The van der Waals surface area contributed by atoms with Crippen molar-refractivity contribution in [1.82, 2.24) is 5.32 Å². The summed E-state index contributed by atoms with van der Waals surface area (Å²) in [6, 6.07) is 3.52. The molecule has 3 N–H and O–H groups in total. The molecule has 0 saturated carbocycles. The largest absolute Gasteiger partial charge is 0.369 e. The molecule has 0 radical (unpaired) electrons.